The summed E-state index contributed by atoms with van der Waals surface area (Å²) in [7, 11) is 0. The Morgan fingerprint density at radius 1 is 1.00 bits per heavy atom. The van der Waals surface area contributed by atoms with Crippen LogP contribution in [0.2, 0.25) is 0 Å². The van der Waals surface area contributed by atoms with Crippen LogP contribution in [0, 0.1) is 5.41 Å². The van der Waals surface area contributed by atoms with Crippen molar-refractivity contribution in [2.45, 2.75) is 32.5 Å². The summed E-state index contributed by atoms with van der Waals surface area (Å²) in [5, 5.41) is 7.29. The summed E-state index contributed by atoms with van der Waals surface area (Å²) >= 11 is 0. The number of nitrogens with zero attached hydrogens (tertiary/aromatic N) is 1. The molecular formula is C19H22N2O. The van der Waals surface area contributed by atoms with Crippen LogP contribution in [0.4, 0.5) is 0 Å². The molecule has 0 aliphatic rings. The Hall–Kier alpha value is -2.26. The molecule has 0 heterocycles. The van der Waals surface area contributed by atoms with E-state index in [1.54, 1.807) is 0 Å². The van der Waals surface area contributed by atoms with Gasteiger partial charge >= 0.3 is 0 Å². The lowest BCUT2D eigenvalue weighted by molar-refractivity contribution is -0.118. The lowest BCUT2D eigenvalue weighted by atomic mass is 10.1. The molecule has 0 aliphatic heterocycles. The smallest absolute Gasteiger partial charge is 0.190 e. The standard InChI is InChI=1S/C19H22N2O/c1-2-18(19(22)13-20)21(14-16-9-5-3-6-10-16)15-17-11-7-4-8-12-17/h3-13,18,20H,2,14-15H2,1H3/t18-/m0/s1. The van der Waals surface area contributed by atoms with Crippen LogP contribution in [-0.2, 0) is 17.9 Å². The van der Waals surface area contributed by atoms with Gasteiger partial charge in [0.15, 0.2) is 5.78 Å². The van der Waals surface area contributed by atoms with Crippen molar-refractivity contribution in [3.05, 3.63) is 71.8 Å². The number of rotatable bonds is 8. The van der Waals surface area contributed by atoms with Crippen LogP contribution in [0.3, 0.4) is 0 Å². The summed E-state index contributed by atoms with van der Waals surface area (Å²) in [6.07, 6.45) is 1.64. The number of benzene rings is 2. The topological polar surface area (TPSA) is 44.2 Å². The summed E-state index contributed by atoms with van der Waals surface area (Å²) in [5.41, 5.74) is 2.35. The van der Waals surface area contributed by atoms with Gasteiger partial charge in [-0.15, -0.1) is 0 Å². The Morgan fingerprint density at radius 3 is 1.82 bits per heavy atom. The highest BCUT2D eigenvalue weighted by Gasteiger charge is 2.23. The molecule has 1 atom stereocenters. The molecule has 22 heavy (non-hydrogen) atoms. The maximum atomic E-state index is 12.1. The minimum atomic E-state index is -0.252. The van der Waals surface area contributed by atoms with Crippen LogP contribution in [0.5, 0.6) is 0 Å². The van der Waals surface area contributed by atoms with Gasteiger partial charge in [-0.1, -0.05) is 67.6 Å². The summed E-state index contributed by atoms with van der Waals surface area (Å²) in [6, 6.07) is 20.0. The number of nitrogens with one attached hydrogen (secondary N) is 1. The first-order valence-electron chi connectivity index (χ1n) is 7.60. The molecule has 0 saturated carbocycles. The van der Waals surface area contributed by atoms with Crippen molar-refractivity contribution < 1.29 is 4.79 Å². The van der Waals surface area contributed by atoms with Gasteiger partial charge < -0.3 is 5.41 Å². The third-order valence-electron chi connectivity index (χ3n) is 3.76. The predicted octanol–water partition coefficient (Wildman–Crippen LogP) is 3.69. The molecule has 1 N–H and O–H groups in total. The molecule has 0 radical (unpaired) electrons. The van der Waals surface area contributed by atoms with Gasteiger partial charge in [0.05, 0.1) is 12.3 Å². The lowest BCUT2D eigenvalue weighted by Gasteiger charge is -2.29. The summed E-state index contributed by atoms with van der Waals surface area (Å²) in [6.45, 7) is 3.40. The minimum Gasteiger partial charge on any atom is -0.305 e. The second kappa shape index (κ2) is 8.25. The van der Waals surface area contributed by atoms with Crippen molar-refractivity contribution in [3.8, 4) is 0 Å². The fraction of sp³-hybridized carbons (Fsp3) is 0.263. The van der Waals surface area contributed by atoms with Gasteiger partial charge in [0.2, 0.25) is 0 Å². The Balaban J connectivity index is 2.22. The van der Waals surface area contributed by atoms with Gasteiger partial charge in [-0.3, -0.25) is 9.69 Å². The molecule has 0 bridgehead atoms. The largest absolute Gasteiger partial charge is 0.305 e. The van der Waals surface area contributed by atoms with Gasteiger partial charge in [0, 0.05) is 13.1 Å². The van der Waals surface area contributed by atoms with Crippen LogP contribution in [0.15, 0.2) is 60.7 Å². The Morgan fingerprint density at radius 2 is 1.45 bits per heavy atom. The first-order valence-corrected chi connectivity index (χ1v) is 7.60. The number of hydrogen-bond donors (Lipinski definition) is 1. The van der Waals surface area contributed by atoms with E-state index in [1.807, 2.05) is 43.3 Å². The fourth-order valence-corrected chi connectivity index (χ4v) is 2.65. The summed E-state index contributed by atoms with van der Waals surface area (Å²) in [4.78, 5) is 14.2. The average molecular weight is 294 g/mol. The number of hydrogen-bond acceptors (Lipinski definition) is 3. The maximum absolute atomic E-state index is 12.1. The molecule has 0 amide bonds. The SMILES string of the molecule is CC[C@@H](C(=O)C=N)N(Cc1ccccc1)Cc1ccccc1. The van der Waals surface area contributed by atoms with Crippen LogP contribution >= 0.6 is 0 Å². The third kappa shape index (κ3) is 4.37. The van der Waals surface area contributed by atoms with E-state index in [1.165, 1.54) is 11.1 Å². The van der Waals surface area contributed by atoms with Crippen molar-refractivity contribution in [1.29, 1.82) is 5.41 Å². The molecule has 0 spiro atoms. The zero-order chi connectivity index (χ0) is 15.8. The molecule has 0 saturated heterocycles. The molecule has 2 aromatic carbocycles. The van der Waals surface area contributed by atoms with Gasteiger partial charge in [-0.25, -0.2) is 0 Å². The molecule has 0 fully saturated rings. The normalized spacial score (nSPS) is 12.1. The van der Waals surface area contributed by atoms with Crippen LogP contribution in [0.25, 0.3) is 0 Å². The van der Waals surface area contributed by atoms with Crippen molar-refractivity contribution in [3.63, 3.8) is 0 Å². The Bertz CT molecular complexity index is 554. The second-order valence-corrected chi connectivity index (χ2v) is 5.35. The molecular weight excluding hydrogens is 272 g/mol. The van der Waals surface area contributed by atoms with Crippen LogP contribution in [0.1, 0.15) is 24.5 Å². The maximum Gasteiger partial charge on any atom is 0.190 e. The first kappa shape index (κ1) is 16.1. The van der Waals surface area contributed by atoms with E-state index in [2.05, 4.69) is 29.2 Å². The molecule has 0 aliphatic carbocycles. The van der Waals surface area contributed by atoms with E-state index in [0.29, 0.717) is 19.5 Å². The summed E-state index contributed by atoms with van der Waals surface area (Å²) in [5.74, 6) is -0.130. The zero-order valence-electron chi connectivity index (χ0n) is 12.9. The quantitative estimate of drug-likeness (QED) is 0.755. The van der Waals surface area contributed by atoms with Crippen LogP contribution < -0.4 is 0 Å². The van der Waals surface area contributed by atoms with Gasteiger partial charge in [0.25, 0.3) is 0 Å². The van der Waals surface area contributed by atoms with Gasteiger partial charge in [-0.05, 0) is 17.5 Å². The number of ketones is 1. The Kier molecular flexibility index (Phi) is 6.04. The molecule has 0 unspecified atom stereocenters. The molecule has 2 rings (SSSR count). The van der Waals surface area contributed by atoms with E-state index >= 15 is 0 Å². The monoisotopic (exact) mass is 294 g/mol. The molecule has 0 aromatic heterocycles. The van der Waals surface area contributed by atoms with E-state index in [-0.39, 0.29) is 11.8 Å². The number of carbonyl (C=O) groups is 1. The van der Waals surface area contributed by atoms with Crippen molar-refractivity contribution in [1.82, 2.24) is 4.90 Å². The Labute approximate surface area is 132 Å². The minimum absolute atomic E-state index is 0.130. The van der Waals surface area contributed by atoms with Crippen molar-refractivity contribution in [2.24, 2.45) is 0 Å². The van der Waals surface area contributed by atoms with Gasteiger partial charge in [0.1, 0.15) is 0 Å². The highest BCUT2D eigenvalue weighted by Crippen LogP contribution is 2.15. The summed E-state index contributed by atoms with van der Waals surface area (Å²) < 4.78 is 0. The lowest BCUT2D eigenvalue weighted by Crippen LogP contribution is -2.40. The highest BCUT2D eigenvalue weighted by atomic mass is 16.1. The van der Waals surface area contributed by atoms with E-state index in [0.717, 1.165) is 6.21 Å². The highest BCUT2D eigenvalue weighted by molar-refractivity contribution is 6.28. The van der Waals surface area contributed by atoms with Crippen molar-refractivity contribution in [2.75, 3.05) is 0 Å². The first-order chi connectivity index (χ1) is 10.7. The molecule has 114 valence electrons. The molecule has 3 heteroatoms. The van der Waals surface area contributed by atoms with Crippen molar-refractivity contribution >= 4 is 12.0 Å². The van der Waals surface area contributed by atoms with E-state index in [9.17, 15) is 4.79 Å². The molecule has 3 nitrogen and oxygen atoms in total. The predicted molar refractivity (Wildman–Crippen MR) is 90.0 cm³/mol. The zero-order valence-corrected chi connectivity index (χ0v) is 12.9. The second-order valence-electron chi connectivity index (χ2n) is 5.35. The fourth-order valence-electron chi connectivity index (χ4n) is 2.65. The van der Waals surface area contributed by atoms with E-state index < -0.39 is 0 Å². The number of carbonyl (C=O) groups excluding carboxylic acids is 1. The number of Topliss-reactive ketones (excluding diaryl/α,β-unsaturated/α-hetero) is 1. The third-order valence-corrected chi connectivity index (χ3v) is 3.76. The van der Waals surface area contributed by atoms with Crippen LogP contribution in [-0.4, -0.2) is 22.9 Å². The van der Waals surface area contributed by atoms with Gasteiger partial charge in [-0.2, -0.15) is 0 Å². The average Bonchev–Trinajstić information content (AvgIpc) is 2.57. The molecule has 2 aromatic rings. The van der Waals surface area contributed by atoms with E-state index in [4.69, 9.17) is 5.41 Å².